The summed E-state index contributed by atoms with van der Waals surface area (Å²) < 4.78 is 11.4. The summed E-state index contributed by atoms with van der Waals surface area (Å²) in [6.07, 6.45) is 2.49. The summed E-state index contributed by atoms with van der Waals surface area (Å²) in [5, 5.41) is 6.86. The van der Waals surface area contributed by atoms with Crippen molar-refractivity contribution >= 4 is 5.96 Å². The maximum absolute atomic E-state index is 5.94. The predicted octanol–water partition coefficient (Wildman–Crippen LogP) is 3.41. The van der Waals surface area contributed by atoms with Crippen LogP contribution in [0.4, 0.5) is 0 Å². The molecule has 0 amide bonds. The molecule has 1 fully saturated rings. The van der Waals surface area contributed by atoms with Crippen molar-refractivity contribution in [1.29, 1.82) is 0 Å². The van der Waals surface area contributed by atoms with Gasteiger partial charge in [-0.2, -0.15) is 0 Å². The molecule has 1 aliphatic heterocycles. The SMILES string of the molecule is CN=C(NCc1ccc(C)cc1OC)NCC(c1ccc(C)o1)N1CCCC1. The molecule has 0 aliphatic carbocycles. The maximum Gasteiger partial charge on any atom is 0.191 e. The van der Waals surface area contributed by atoms with Gasteiger partial charge in [-0.15, -0.1) is 0 Å². The van der Waals surface area contributed by atoms with Crippen molar-refractivity contribution in [3.8, 4) is 5.75 Å². The predicted molar refractivity (Wildman–Crippen MR) is 113 cm³/mol. The number of benzene rings is 1. The molecule has 0 spiro atoms. The molecular weight excluding hydrogens is 352 g/mol. The number of nitrogens with one attached hydrogen (secondary N) is 2. The number of guanidine groups is 1. The van der Waals surface area contributed by atoms with Gasteiger partial charge in [-0.05, 0) is 63.5 Å². The van der Waals surface area contributed by atoms with Crippen LogP contribution in [0.15, 0.2) is 39.7 Å². The molecule has 1 atom stereocenters. The fourth-order valence-corrected chi connectivity index (χ4v) is 3.69. The number of aryl methyl sites for hydroxylation is 2. The summed E-state index contributed by atoms with van der Waals surface area (Å²) in [7, 11) is 3.50. The minimum Gasteiger partial charge on any atom is -0.496 e. The molecule has 152 valence electrons. The molecule has 1 saturated heterocycles. The Balaban J connectivity index is 1.61. The van der Waals surface area contributed by atoms with Crippen molar-refractivity contribution in [2.75, 3.05) is 33.8 Å². The van der Waals surface area contributed by atoms with Crippen LogP contribution in [0, 0.1) is 13.8 Å². The van der Waals surface area contributed by atoms with E-state index >= 15 is 0 Å². The van der Waals surface area contributed by atoms with Crippen LogP contribution >= 0.6 is 0 Å². The highest BCUT2D eigenvalue weighted by atomic mass is 16.5. The highest BCUT2D eigenvalue weighted by Crippen LogP contribution is 2.26. The van der Waals surface area contributed by atoms with Gasteiger partial charge in [0.05, 0.1) is 13.2 Å². The number of rotatable bonds is 7. The molecule has 6 heteroatoms. The third kappa shape index (κ3) is 5.07. The summed E-state index contributed by atoms with van der Waals surface area (Å²) in [4.78, 5) is 6.87. The molecule has 3 rings (SSSR count). The molecule has 0 saturated carbocycles. The van der Waals surface area contributed by atoms with Gasteiger partial charge in [-0.3, -0.25) is 9.89 Å². The van der Waals surface area contributed by atoms with Crippen LogP contribution in [0.25, 0.3) is 0 Å². The van der Waals surface area contributed by atoms with Crippen molar-refractivity contribution in [3.63, 3.8) is 0 Å². The number of ether oxygens (including phenoxy) is 1. The minimum absolute atomic E-state index is 0.212. The average Bonchev–Trinajstić information content (AvgIpc) is 3.37. The quantitative estimate of drug-likeness (QED) is 0.566. The van der Waals surface area contributed by atoms with Gasteiger partial charge in [0.1, 0.15) is 17.3 Å². The number of furan rings is 1. The zero-order valence-electron chi connectivity index (χ0n) is 17.4. The van der Waals surface area contributed by atoms with Crippen molar-refractivity contribution in [1.82, 2.24) is 15.5 Å². The Morgan fingerprint density at radius 3 is 2.61 bits per heavy atom. The first kappa shape index (κ1) is 20.3. The molecule has 28 heavy (non-hydrogen) atoms. The normalized spacial score (nSPS) is 16.2. The average molecular weight is 385 g/mol. The van der Waals surface area contributed by atoms with E-state index in [9.17, 15) is 0 Å². The zero-order chi connectivity index (χ0) is 19.9. The molecule has 1 aromatic carbocycles. The van der Waals surface area contributed by atoms with E-state index in [4.69, 9.17) is 9.15 Å². The van der Waals surface area contributed by atoms with E-state index < -0.39 is 0 Å². The summed E-state index contributed by atoms with van der Waals surface area (Å²) in [6.45, 7) is 7.68. The molecule has 1 aromatic heterocycles. The fourth-order valence-electron chi connectivity index (χ4n) is 3.69. The van der Waals surface area contributed by atoms with Crippen LogP contribution < -0.4 is 15.4 Å². The van der Waals surface area contributed by atoms with Crippen LogP contribution in [0.3, 0.4) is 0 Å². The van der Waals surface area contributed by atoms with Gasteiger partial charge >= 0.3 is 0 Å². The third-order valence-corrected chi connectivity index (χ3v) is 5.25. The molecular formula is C22H32N4O2. The number of hydrogen-bond acceptors (Lipinski definition) is 4. The van der Waals surface area contributed by atoms with Crippen molar-refractivity contribution in [2.45, 2.75) is 39.3 Å². The lowest BCUT2D eigenvalue weighted by molar-refractivity contribution is 0.213. The van der Waals surface area contributed by atoms with Crippen molar-refractivity contribution in [2.24, 2.45) is 4.99 Å². The standard InChI is InChI=1S/C22H32N4O2/c1-16-7-9-18(21(13-16)27-4)14-24-22(23-3)25-15-19(26-11-5-6-12-26)20-10-8-17(2)28-20/h7-10,13,19H,5-6,11-12,14-15H2,1-4H3,(H2,23,24,25). The number of aliphatic imine (C=N–C) groups is 1. The number of hydrogen-bond donors (Lipinski definition) is 2. The maximum atomic E-state index is 5.94. The Morgan fingerprint density at radius 1 is 1.18 bits per heavy atom. The van der Waals surface area contributed by atoms with Crippen LogP contribution in [0.1, 0.15) is 41.5 Å². The van der Waals surface area contributed by atoms with Gasteiger partial charge < -0.3 is 19.8 Å². The first-order valence-electron chi connectivity index (χ1n) is 9.99. The van der Waals surface area contributed by atoms with E-state index in [-0.39, 0.29) is 6.04 Å². The van der Waals surface area contributed by atoms with E-state index in [1.54, 1.807) is 14.2 Å². The Bertz CT molecular complexity index is 794. The van der Waals surface area contributed by atoms with Gasteiger partial charge in [-0.25, -0.2) is 0 Å². The summed E-state index contributed by atoms with van der Waals surface area (Å²) >= 11 is 0. The van der Waals surface area contributed by atoms with Crippen molar-refractivity contribution < 1.29 is 9.15 Å². The van der Waals surface area contributed by atoms with Crippen LogP contribution in [0.5, 0.6) is 5.75 Å². The molecule has 2 N–H and O–H groups in total. The van der Waals surface area contributed by atoms with E-state index in [0.29, 0.717) is 6.54 Å². The van der Waals surface area contributed by atoms with Crippen LogP contribution in [-0.4, -0.2) is 44.7 Å². The molecule has 1 aliphatic rings. The summed E-state index contributed by atoms with van der Waals surface area (Å²) in [5.74, 6) is 3.63. The first-order chi connectivity index (χ1) is 13.6. The Morgan fingerprint density at radius 2 is 1.96 bits per heavy atom. The Kier molecular flexibility index (Phi) is 6.98. The first-order valence-corrected chi connectivity index (χ1v) is 9.99. The third-order valence-electron chi connectivity index (χ3n) is 5.25. The highest BCUT2D eigenvalue weighted by Gasteiger charge is 2.26. The number of methoxy groups -OCH3 is 1. The molecule has 2 aromatic rings. The molecule has 2 heterocycles. The second kappa shape index (κ2) is 9.64. The Hall–Kier alpha value is -2.47. The van der Waals surface area contributed by atoms with E-state index in [1.807, 2.05) is 13.0 Å². The van der Waals surface area contributed by atoms with Gasteiger partial charge in [0.25, 0.3) is 0 Å². The summed E-state index contributed by atoms with van der Waals surface area (Å²) in [5.41, 5.74) is 2.29. The molecule has 0 bridgehead atoms. The smallest absolute Gasteiger partial charge is 0.191 e. The zero-order valence-corrected chi connectivity index (χ0v) is 17.4. The highest BCUT2D eigenvalue weighted by molar-refractivity contribution is 5.79. The second-order valence-electron chi connectivity index (χ2n) is 7.33. The van der Waals surface area contributed by atoms with E-state index in [2.05, 4.69) is 51.7 Å². The molecule has 6 nitrogen and oxygen atoms in total. The van der Waals surface area contributed by atoms with Crippen LogP contribution in [-0.2, 0) is 6.54 Å². The molecule has 1 unspecified atom stereocenters. The van der Waals surface area contributed by atoms with Gasteiger partial charge in [-0.1, -0.05) is 12.1 Å². The topological polar surface area (TPSA) is 62.0 Å². The minimum atomic E-state index is 0.212. The van der Waals surface area contributed by atoms with Gasteiger partial charge in [0.15, 0.2) is 5.96 Å². The lowest BCUT2D eigenvalue weighted by Gasteiger charge is -2.27. The van der Waals surface area contributed by atoms with Gasteiger partial charge in [0.2, 0.25) is 0 Å². The molecule has 0 radical (unpaired) electrons. The number of likely N-dealkylation sites (tertiary alicyclic amines) is 1. The van der Waals surface area contributed by atoms with Gasteiger partial charge in [0, 0.05) is 25.7 Å². The summed E-state index contributed by atoms with van der Waals surface area (Å²) in [6, 6.07) is 10.6. The van der Waals surface area contributed by atoms with E-state index in [0.717, 1.165) is 48.4 Å². The second-order valence-corrected chi connectivity index (χ2v) is 7.33. The fraction of sp³-hybridized carbons (Fsp3) is 0.500. The lowest BCUT2D eigenvalue weighted by Crippen LogP contribution is -2.42. The largest absolute Gasteiger partial charge is 0.496 e. The monoisotopic (exact) mass is 384 g/mol. The Labute approximate surface area is 168 Å². The van der Waals surface area contributed by atoms with Crippen molar-refractivity contribution in [3.05, 3.63) is 53.0 Å². The van der Waals surface area contributed by atoms with Crippen LogP contribution in [0.2, 0.25) is 0 Å². The lowest BCUT2D eigenvalue weighted by atomic mass is 10.1. The van der Waals surface area contributed by atoms with E-state index in [1.165, 1.54) is 18.4 Å². The number of nitrogens with zero attached hydrogens (tertiary/aromatic N) is 2.